The molecule has 0 fully saturated rings. The number of rotatable bonds is 3. The number of nitrogens with zero attached hydrogens (tertiary/aromatic N) is 1. The van der Waals surface area contributed by atoms with Crippen molar-refractivity contribution in [1.82, 2.24) is 10.3 Å². The minimum Gasteiger partial charge on any atom is -0.384 e. The molecule has 102 valence electrons. The Morgan fingerprint density at radius 3 is 2.75 bits per heavy atom. The Kier molecular flexibility index (Phi) is 4.88. The monoisotopic (exact) mass is 286 g/mol. The molecule has 0 bridgehead atoms. The van der Waals surface area contributed by atoms with Crippen molar-refractivity contribution >= 4 is 17.2 Å². The summed E-state index contributed by atoms with van der Waals surface area (Å²) in [6.45, 7) is 2.25. The molecule has 1 amide bonds. The fourth-order valence-electron chi connectivity index (χ4n) is 1.60. The van der Waals surface area contributed by atoms with Crippen molar-refractivity contribution in [2.45, 2.75) is 13.5 Å². The van der Waals surface area contributed by atoms with Gasteiger partial charge in [-0.3, -0.25) is 4.79 Å². The predicted molar refractivity (Wildman–Crippen MR) is 78.4 cm³/mol. The minimum absolute atomic E-state index is 0.127. The largest absolute Gasteiger partial charge is 0.384 e. The summed E-state index contributed by atoms with van der Waals surface area (Å²) in [5.41, 5.74) is 1.36. The van der Waals surface area contributed by atoms with Crippen molar-refractivity contribution < 1.29 is 9.90 Å². The molecule has 4 nitrogen and oxygen atoms in total. The Labute approximate surface area is 121 Å². The molecule has 0 unspecified atom stereocenters. The molecular weight excluding hydrogens is 272 g/mol. The maximum absolute atomic E-state index is 11.9. The molecule has 20 heavy (non-hydrogen) atoms. The maximum Gasteiger partial charge on any atom is 0.251 e. The third-order valence-corrected chi connectivity index (χ3v) is 3.46. The van der Waals surface area contributed by atoms with E-state index in [2.05, 4.69) is 22.1 Å². The van der Waals surface area contributed by atoms with Crippen LogP contribution in [0.3, 0.4) is 0 Å². The first-order valence-electron chi connectivity index (χ1n) is 6.08. The summed E-state index contributed by atoms with van der Waals surface area (Å²) in [6.07, 6.45) is 1.77. The van der Waals surface area contributed by atoms with Crippen molar-refractivity contribution in [3.05, 3.63) is 51.5 Å². The van der Waals surface area contributed by atoms with Gasteiger partial charge in [-0.15, -0.1) is 11.3 Å². The molecule has 0 saturated heterocycles. The van der Waals surface area contributed by atoms with Gasteiger partial charge in [-0.1, -0.05) is 11.8 Å². The highest BCUT2D eigenvalue weighted by Gasteiger charge is 2.06. The average Bonchev–Trinajstić information content (AvgIpc) is 2.89. The van der Waals surface area contributed by atoms with E-state index in [4.69, 9.17) is 5.11 Å². The molecule has 0 saturated carbocycles. The molecule has 0 aliphatic heterocycles. The first-order chi connectivity index (χ1) is 9.69. The van der Waals surface area contributed by atoms with E-state index in [1.54, 1.807) is 41.8 Å². The molecule has 1 heterocycles. The van der Waals surface area contributed by atoms with Crippen LogP contribution in [-0.4, -0.2) is 22.6 Å². The van der Waals surface area contributed by atoms with Gasteiger partial charge in [0.05, 0.1) is 11.6 Å². The zero-order valence-corrected chi connectivity index (χ0v) is 11.8. The summed E-state index contributed by atoms with van der Waals surface area (Å²) in [5.74, 6) is 5.22. The molecule has 2 aromatic rings. The van der Waals surface area contributed by atoms with Crippen LogP contribution in [0.5, 0.6) is 0 Å². The van der Waals surface area contributed by atoms with E-state index in [-0.39, 0.29) is 12.5 Å². The van der Waals surface area contributed by atoms with E-state index in [1.165, 1.54) is 0 Å². The lowest BCUT2D eigenvalue weighted by molar-refractivity contribution is 0.0951. The highest BCUT2D eigenvalue weighted by molar-refractivity contribution is 7.11. The smallest absolute Gasteiger partial charge is 0.251 e. The first kappa shape index (κ1) is 14.3. The molecular formula is C15H14N2O2S. The molecule has 1 aromatic carbocycles. The summed E-state index contributed by atoms with van der Waals surface area (Å²) in [5, 5.41) is 12.4. The average molecular weight is 286 g/mol. The Morgan fingerprint density at radius 2 is 2.15 bits per heavy atom. The Balaban J connectivity index is 1.95. The molecule has 0 radical (unpaired) electrons. The second kappa shape index (κ2) is 6.85. The second-order valence-electron chi connectivity index (χ2n) is 4.07. The standard InChI is InChI=1S/C15H14N2O2S/c1-11-16-9-14(20-11)10-17-15(19)13-6-4-12(5-7-13)3-2-8-18/h4-7,9,18H,8,10H2,1H3,(H,17,19). The number of amides is 1. The lowest BCUT2D eigenvalue weighted by Crippen LogP contribution is -2.22. The Morgan fingerprint density at radius 1 is 1.40 bits per heavy atom. The van der Waals surface area contributed by atoms with E-state index in [0.29, 0.717) is 12.1 Å². The highest BCUT2D eigenvalue weighted by Crippen LogP contribution is 2.11. The van der Waals surface area contributed by atoms with Crippen LogP contribution in [0.15, 0.2) is 30.5 Å². The second-order valence-corrected chi connectivity index (χ2v) is 5.38. The van der Waals surface area contributed by atoms with Crippen LogP contribution in [0.4, 0.5) is 0 Å². The van der Waals surface area contributed by atoms with Crippen LogP contribution in [0, 0.1) is 18.8 Å². The maximum atomic E-state index is 11.9. The van der Waals surface area contributed by atoms with Crippen molar-refractivity contribution in [1.29, 1.82) is 0 Å². The van der Waals surface area contributed by atoms with E-state index >= 15 is 0 Å². The van der Waals surface area contributed by atoms with Crippen molar-refractivity contribution in [3.63, 3.8) is 0 Å². The van der Waals surface area contributed by atoms with Gasteiger partial charge in [-0.05, 0) is 31.2 Å². The van der Waals surface area contributed by atoms with Gasteiger partial charge in [0.1, 0.15) is 6.61 Å². The molecule has 0 aliphatic rings. The van der Waals surface area contributed by atoms with Crippen LogP contribution in [0.25, 0.3) is 0 Å². The number of carbonyl (C=O) groups is 1. The van der Waals surface area contributed by atoms with Crippen LogP contribution in [0.1, 0.15) is 25.8 Å². The van der Waals surface area contributed by atoms with E-state index in [0.717, 1.165) is 15.4 Å². The molecule has 0 atom stereocenters. The van der Waals surface area contributed by atoms with Gasteiger partial charge in [0.25, 0.3) is 5.91 Å². The number of nitrogens with one attached hydrogen (secondary N) is 1. The molecule has 5 heteroatoms. The van der Waals surface area contributed by atoms with Crippen molar-refractivity contribution in [2.75, 3.05) is 6.61 Å². The molecule has 2 N–H and O–H groups in total. The third-order valence-electron chi connectivity index (χ3n) is 2.55. The third kappa shape index (κ3) is 3.92. The number of benzene rings is 1. The number of carbonyl (C=O) groups excluding carboxylic acids is 1. The van der Waals surface area contributed by atoms with Crippen LogP contribution >= 0.6 is 11.3 Å². The summed E-state index contributed by atoms with van der Waals surface area (Å²) < 4.78 is 0. The zero-order chi connectivity index (χ0) is 14.4. The zero-order valence-electron chi connectivity index (χ0n) is 11.0. The fraction of sp³-hybridized carbons (Fsp3) is 0.200. The van der Waals surface area contributed by atoms with Crippen molar-refractivity contribution in [2.24, 2.45) is 0 Å². The van der Waals surface area contributed by atoms with Crippen LogP contribution in [0.2, 0.25) is 0 Å². The van der Waals surface area contributed by atoms with Gasteiger partial charge in [-0.25, -0.2) is 4.98 Å². The summed E-state index contributed by atoms with van der Waals surface area (Å²) in [4.78, 5) is 17.1. The molecule has 1 aromatic heterocycles. The first-order valence-corrected chi connectivity index (χ1v) is 6.90. The van der Waals surface area contributed by atoms with Crippen LogP contribution in [-0.2, 0) is 6.54 Å². The molecule has 0 spiro atoms. The number of hydrogen-bond acceptors (Lipinski definition) is 4. The summed E-state index contributed by atoms with van der Waals surface area (Å²) in [6, 6.07) is 6.95. The lowest BCUT2D eigenvalue weighted by Gasteiger charge is -2.03. The highest BCUT2D eigenvalue weighted by atomic mass is 32.1. The SMILES string of the molecule is Cc1ncc(CNC(=O)c2ccc(C#CCO)cc2)s1. The van der Waals surface area contributed by atoms with Gasteiger partial charge < -0.3 is 10.4 Å². The Bertz CT molecular complexity index is 651. The van der Waals surface area contributed by atoms with Gasteiger partial charge in [0.2, 0.25) is 0 Å². The summed E-state index contributed by atoms with van der Waals surface area (Å²) >= 11 is 1.57. The molecule has 2 rings (SSSR count). The summed E-state index contributed by atoms with van der Waals surface area (Å²) in [7, 11) is 0. The van der Waals surface area contributed by atoms with E-state index < -0.39 is 0 Å². The molecule has 0 aliphatic carbocycles. The minimum atomic E-state index is -0.170. The normalized spacial score (nSPS) is 9.70. The number of thiazole rings is 1. The van der Waals surface area contributed by atoms with E-state index in [9.17, 15) is 4.79 Å². The van der Waals surface area contributed by atoms with Gasteiger partial charge in [0.15, 0.2) is 0 Å². The van der Waals surface area contributed by atoms with Gasteiger partial charge in [0, 0.05) is 22.2 Å². The number of aliphatic hydroxyl groups is 1. The van der Waals surface area contributed by atoms with Gasteiger partial charge in [-0.2, -0.15) is 0 Å². The van der Waals surface area contributed by atoms with Crippen LogP contribution < -0.4 is 5.32 Å². The topological polar surface area (TPSA) is 62.2 Å². The van der Waals surface area contributed by atoms with Crippen molar-refractivity contribution in [3.8, 4) is 11.8 Å². The fourth-order valence-corrected chi connectivity index (χ4v) is 2.34. The van der Waals surface area contributed by atoms with E-state index in [1.807, 2.05) is 6.92 Å². The predicted octanol–water partition coefficient (Wildman–Crippen LogP) is 1.73. The number of hydrogen-bond donors (Lipinski definition) is 2. The quantitative estimate of drug-likeness (QED) is 0.845. The number of aryl methyl sites for hydroxylation is 1. The van der Waals surface area contributed by atoms with Gasteiger partial charge >= 0.3 is 0 Å². The number of aromatic nitrogens is 1. The Hall–Kier alpha value is -2.16. The lowest BCUT2D eigenvalue weighted by atomic mass is 10.1. The number of aliphatic hydroxyl groups excluding tert-OH is 1.